The Morgan fingerprint density at radius 2 is 1.82 bits per heavy atom. The van der Waals surface area contributed by atoms with E-state index in [-0.39, 0.29) is 12.4 Å². The van der Waals surface area contributed by atoms with E-state index < -0.39 is 12.0 Å². The molecule has 4 heteroatoms. The van der Waals surface area contributed by atoms with Gasteiger partial charge in [0.1, 0.15) is 0 Å². The molecule has 0 N–H and O–H groups in total. The molecule has 0 bridgehead atoms. The molecule has 1 rings (SSSR count). The summed E-state index contributed by atoms with van der Waals surface area (Å²) >= 11 is 0. The molecule has 0 radical (unpaired) electrons. The SMILES string of the molecule is CCOC(=O)C(C(=O)c1ccccc1)N(C)C. The van der Waals surface area contributed by atoms with Gasteiger partial charge in [-0.1, -0.05) is 30.3 Å². The number of esters is 1. The van der Waals surface area contributed by atoms with Gasteiger partial charge in [-0.05, 0) is 21.0 Å². The van der Waals surface area contributed by atoms with Crippen LogP contribution in [0.25, 0.3) is 0 Å². The largest absolute Gasteiger partial charge is 0.464 e. The molecule has 0 fully saturated rings. The highest BCUT2D eigenvalue weighted by Gasteiger charge is 2.30. The van der Waals surface area contributed by atoms with Crippen molar-refractivity contribution >= 4 is 11.8 Å². The van der Waals surface area contributed by atoms with Crippen LogP contribution >= 0.6 is 0 Å². The van der Waals surface area contributed by atoms with Gasteiger partial charge in [-0.2, -0.15) is 0 Å². The summed E-state index contributed by atoms with van der Waals surface area (Å²) in [6.07, 6.45) is 0. The van der Waals surface area contributed by atoms with Crippen LogP contribution < -0.4 is 0 Å². The second-order valence-corrected chi connectivity index (χ2v) is 3.85. The highest BCUT2D eigenvalue weighted by atomic mass is 16.5. The summed E-state index contributed by atoms with van der Waals surface area (Å²) in [4.78, 5) is 25.4. The van der Waals surface area contributed by atoms with E-state index in [1.165, 1.54) is 0 Å². The van der Waals surface area contributed by atoms with Crippen LogP contribution in [0.15, 0.2) is 30.3 Å². The van der Waals surface area contributed by atoms with Gasteiger partial charge in [0.05, 0.1) is 6.61 Å². The van der Waals surface area contributed by atoms with Crippen LogP contribution in [0.2, 0.25) is 0 Å². The monoisotopic (exact) mass is 235 g/mol. The lowest BCUT2D eigenvalue weighted by Crippen LogP contribution is -2.43. The normalized spacial score (nSPS) is 12.2. The van der Waals surface area contributed by atoms with Gasteiger partial charge in [-0.25, -0.2) is 4.79 Å². The summed E-state index contributed by atoms with van der Waals surface area (Å²) in [7, 11) is 3.37. The van der Waals surface area contributed by atoms with Crippen LogP contribution in [0.4, 0.5) is 0 Å². The zero-order valence-corrected chi connectivity index (χ0v) is 10.3. The van der Waals surface area contributed by atoms with Gasteiger partial charge in [0.2, 0.25) is 0 Å². The standard InChI is InChI=1S/C13H17NO3/c1-4-17-13(16)11(14(2)3)12(15)10-8-6-5-7-9-10/h5-9,11H,4H2,1-3H3. The minimum Gasteiger partial charge on any atom is -0.464 e. The van der Waals surface area contributed by atoms with E-state index in [4.69, 9.17) is 4.74 Å². The summed E-state index contributed by atoms with van der Waals surface area (Å²) in [5, 5.41) is 0. The van der Waals surface area contributed by atoms with Crippen LogP contribution in [-0.2, 0) is 9.53 Å². The number of carbonyl (C=O) groups is 2. The molecule has 0 heterocycles. The number of hydrogen-bond acceptors (Lipinski definition) is 4. The first-order chi connectivity index (χ1) is 8.07. The number of Topliss-reactive ketones (excluding diaryl/α,β-unsaturated/α-hetero) is 1. The number of carbonyl (C=O) groups excluding carboxylic acids is 2. The topological polar surface area (TPSA) is 46.6 Å². The number of benzene rings is 1. The summed E-state index contributed by atoms with van der Waals surface area (Å²) in [6.45, 7) is 1.99. The third-order valence-corrected chi connectivity index (χ3v) is 2.33. The maximum Gasteiger partial charge on any atom is 0.331 e. The van der Waals surface area contributed by atoms with E-state index in [1.807, 2.05) is 6.07 Å². The summed E-state index contributed by atoms with van der Waals surface area (Å²) in [5.74, 6) is -0.750. The number of rotatable bonds is 5. The van der Waals surface area contributed by atoms with Crippen LogP contribution in [0.5, 0.6) is 0 Å². The molecule has 4 nitrogen and oxygen atoms in total. The van der Waals surface area contributed by atoms with Crippen LogP contribution in [0.1, 0.15) is 17.3 Å². The molecule has 0 amide bonds. The lowest BCUT2D eigenvalue weighted by molar-refractivity contribution is -0.146. The van der Waals surface area contributed by atoms with Crippen molar-refractivity contribution in [1.29, 1.82) is 0 Å². The van der Waals surface area contributed by atoms with Crippen molar-refractivity contribution in [3.8, 4) is 0 Å². The van der Waals surface area contributed by atoms with Crippen molar-refractivity contribution in [1.82, 2.24) is 4.90 Å². The molecule has 0 aromatic heterocycles. The fourth-order valence-electron chi connectivity index (χ4n) is 1.53. The Kier molecular flexibility index (Phi) is 4.84. The summed E-state index contributed by atoms with van der Waals surface area (Å²) < 4.78 is 4.91. The molecule has 0 aliphatic heterocycles. The molecule has 1 aromatic carbocycles. The number of ketones is 1. The Morgan fingerprint density at radius 3 is 2.29 bits per heavy atom. The Labute approximate surface area is 101 Å². The van der Waals surface area contributed by atoms with Crippen LogP contribution in [0, 0.1) is 0 Å². The van der Waals surface area contributed by atoms with Crippen molar-refractivity contribution in [2.24, 2.45) is 0 Å². The summed E-state index contributed by atoms with van der Waals surface area (Å²) in [6, 6.07) is 7.87. The zero-order chi connectivity index (χ0) is 12.8. The van der Waals surface area contributed by atoms with Crippen molar-refractivity contribution < 1.29 is 14.3 Å². The van der Waals surface area contributed by atoms with Gasteiger partial charge in [0.25, 0.3) is 0 Å². The van der Waals surface area contributed by atoms with Gasteiger partial charge in [0, 0.05) is 5.56 Å². The first-order valence-electron chi connectivity index (χ1n) is 5.50. The maximum atomic E-state index is 12.2. The molecule has 92 valence electrons. The highest BCUT2D eigenvalue weighted by molar-refractivity contribution is 6.12. The molecule has 0 aliphatic carbocycles. The van der Waals surface area contributed by atoms with Gasteiger partial charge in [-0.3, -0.25) is 9.69 Å². The fourth-order valence-corrected chi connectivity index (χ4v) is 1.53. The molecule has 1 unspecified atom stereocenters. The van der Waals surface area contributed by atoms with E-state index in [1.54, 1.807) is 50.2 Å². The van der Waals surface area contributed by atoms with E-state index in [0.717, 1.165) is 0 Å². The van der Waals surface area contributed by atoms with Gasteiger partial charge >= 0.3 is 5.97 Å². The average molecular weight is 235 g/mol. The number of nitrogens with zero attached hydrogens (tertiary/aromatic N) is 1. The van der Waals surface area contributed by atoms with Gasteiger partial charge in [0.15, 0.2) is 11.8 Å². The third kappa shape index (κ3) is 3.39. The third-order valence-electron chi connectivity index (χ3n) is 2.33. The number of ether oxygens (including phenoxy) is 1. The second-order valence-electron chi connectivity index (χ2n) is 3.85. The highest BCUT2D eigenvalue weighted by Crippen LogP contribution is 2.08. The van der Waals surface area contributed by atoms with Gasteiger partial charge in [-0.15, -0.1) is 0 Å². The lowest BCUT2D eigenvalue weighted by atomic mass is 10.0. The second kappa shape index (κ2) is 6.15. The zero-order valence-electron chi connectivity index (χ0n) is 10.3. The van der Waals surface area contributed by atoms with E-state index >= 15 is 0 Å². The fraction of sp³-hybridized carbons (Fsp3) is 0.385. The predicted molar refractivity (Wildman–Crippen MR) is 64.9 cm³/mol. The molecule has 0 aliphatic rings. The number of hydrogen-bond donors (Lipinski definition) is 0. The Morgan fingerprint density at radius 1 is 1.24 bits per heavy atom. The molecule has 17 heavy (non-hydrogen) atoms. The molecule has 0 spiro atoms. The quantitative estimate of drug-likeness (QED) is 0.439. The summed E-state index contributed by atoms with van der Waals surface area (Å²) in [5.41, 5.74) is 0.513. The minimum atomic E-state index is -0.877. The van der Waals surface area contributed by atoms with E-state index in [2.05, 4.69) is 0 Å². The smallest absolute Gasteiger partial charge is 0.331 e. The first kappa shape index (κ1) is 13.4. The Hall–Kier alpha value is -1.68. The van der Waals surface area contributed by atoms with E-state index in [9.17, 15) is 9.59 Å². The van der Waals surface area contributed by atoms with Crippen LogP contribution in [0.3, 0.4) is 0 Å². The maximum absolute atomic E-state index is 12.2. The van der Waals surface area contributed by atoms with Gasteiger partial charge < -0.3 is 4.74 Å². The molecular formula is C13H17NO3. The van der Waals surface area contributed by atoms with Crippen molar-refractivity contribution in [3.05, 3.63) is 35.9 Å². The van der Waals surface area contributed by atoms with Crippen molar-refractivity contribution in [2.75, 3.05) is 20.7 Å². The minimum absolute atomic E-state index is 0.242. The van der Waals surface area contributed by atoms with Crippen molar-refractivity contribution in [2.45, 2.75) is 13.0 Å². The molecule has 1 atom stereocenters. The molecule has 1 aromatic rings. The Bertz CT molecular complexity index is 387. The molecule has 0 saturated heterocycles. The Balaban J connectivity index is 2.92. The number of likely N-dealkylation sites (N-methyl/N-ethyl adjacent to an activating group) is 1. The van der Waals surface area contributed by atoms with Crippen molar-refractivity contribution in [3.63, 3.8) is 0 Å². The first-order valence-corrected chi connectivity index (χ1v) is 5.50. The van der Waals surface area contributed by atoms with E-state index in [0.29, 0.717) is 5.56 Å². The average Bonchev–Trinajstić information content (AvgIpc) is 2.30. The molecular weight excluding hydrogens is 218 g/mol. The lowest BCUT2D eigenvalue weighted by Gasteiger charge is -2.21. The molecule has 0 saturated carbocycles. The van der Waals surface area contributed by atoms with Crippen LogP contribution in [-0.4, -0.2) is 43.4 Å². The predicted octanol–water partition coefficient (Wildman–Crippen LogP) is 1.36.